The van der Waals surface area contributed by atoms with Crippen LogP contribution in [0.1, 0.15) is 17.4 Å². The van der Waals surface area contributed by atoms with E-state index in [0.717, 1.165) is 12.2 Å². The summed E-state index contributed by atoms with van der Waals surface area (Å²) in [7, 11) is 1.37. The predicted octanol–water partition coefficient (Wildman–Crippen LogP) is 2.91. The lowest BCUT2D eigenvalue weighted by Gasteiger charge is -2.08. The molecule has 0 aliphatic heterocycles. The average Bonchev–Trinajstić information content (AvgIpc) is 2.50. The molecule has 0 aliphatic carbocycles. The second-order valence-electron chi connectivity index (χ2n) is 4.27. The molecule has 0 unspecified atom stereocenters. The van der Waals surface area contributed by atoms with E-state index in [-0.39, 0.29) is 17.4 Å². The summed E-state index contributed by atoms with van der Waals surface area (Å²) in [6.45, 7) is 2.76. The number of pyridine rings is 1. The first-order chi connectivity index (χ1) is 10.1. The van der Waals surface area contributed by atoms with Crippen LogP contribution in [0.2, 0.25) is 0 Å². The van der Waals surface area contributed by atoms with Crippen molar-refractivity contribution in [2.45, 2.75) is 6.92 Å². The molecule has 1 amide bonds. The summed E-state index contributed by atoms with van der Waals surface area (Å²) in [5, 5.41) is 5.74. The van der Waals surface area contributed by atoms with Crippen LogP contribution in [0.3, 0.4) is 0 Å². The van der Waals surface area contributed by atoms with Crippen LogP contribution in [-0.2, 0) is 0 Å². The average molecular weight is 289 g/mol. The number of aromatic nitrogens is 1. The van der Waals surface area contributed by atoms with Gasteiger partial charge in [0.1, 0.15) is 5.69 Å². The van der Waals surface area contributed by atoms with Gasteiger partial charge in [0.05, 0.1) is 19.0 Å². The van der Waals surface area contributed by atoms with Crippen molar-refractivity contribution < 1.29 is 13.9 Å². The smallest absolute Gasteiger partial charge is 0.274 e. The number of anilines is 2. The maximum absolute atomic E-state index is 13.3. The molecule has 2 rings (SSSR count). The number of benzene rings is 1. The van der Waals surface area contributed by atoms with E-state index in [4.69, 9.17) is 4.74 Å². The molecule has 21 heavy (non-hydrogen) atoms. The number of ether oxygens (including phenoxy) is 1. The number of hydrogen-bond acceptors (Lipinski definition) is 4. The van der Waals surface area contributed by atoms with Crippen LogP contribution >= 0.6 is 0 Å². The second kappa shape index (κ2) is 6.69. The third-order valence-electron chi connectivity index (χ3n) is 2.79. The van der Waals surface area contributed by atoms with E-state index in [1.54, 1.807) is 18.3 Å². The minimum atomic E-state index is -0.483. The highest BCUT2D eigenvalue weighted by molar-refractivity contribution is 6.03. The number of amides is 1. The number of methoxy groups -OCH3 is 1. The Labute approximate surface area is 122 Å². The molecule has 6 heteroatoms. The molecule has 0 bridgehead atoms. The Morgan fingerprint density at radius 3 is 2.67 bits per heavy atom. The van der Waals surface area contributed by atoms with Crippen LogP contribution < -0.4 is 15.4 Å². The molecule has 1 aromatic heterocycles. The van der Waals surface area contributed by atoms with Crippen LogP contribution in [-0.4, -0.2) is 24.5 Å². The van der Waals surface area contributed by atoms with Crippen LogP contribution in [0.4, 0.5) is 15.8 Å². The van der Waals surface area contributed by atoms with E-state index < -0.39 is 5.82 Å². The number of rotatable bonds is 5. The van der Waals surface area contributed by atoms with Crippen LogP contribution in [0, 0.1) is 5.82 Å². The summed E-state index contributed by atoms with van der Waals surface area (Å²) in [5.74, 6) is -0.779. The van der Waals surface area contributed by atoms with Crippen molar-refractivity contribution in [3.63, 3.8) is 0 Å². The first-order valence-corrected chi connectivity index (χ1v) is 6.49. The molecule has 0 atom stereocenters. The highest BCUT2D eigenvalue weighted by Crippen LogP contribution is 2.21. The van der Waals surface area contributed by atoms with Crippen LogP contribution in [0.5, 0.6) is 5.75 Å². The van der Waals surface area contributed by atoms with Gasteiger partial charge in [0.2, 0.25) is 0 Å². The zero-order chi connectivity index (χ0) is 15.2. The molecule has 5 nitrogen and oxygen atoms in total. The molecule has 2 aromatic rings. The maximum atomic E-state index is 13.3. The third-order valence-corrected chi connectivity index (χ3v) is 2.79. The molecular formula is C15H16FN3O2. The van der Waals surface area contributed by atoms with Gasteiger partial charge >= 0.3 is 0 Å². The van der Waals surface area contributed by atoms with E-state index in [2.05, 4.69) is 15.6 Å². The van der Waals surface area contributed by atoms with E-state index in [0.29, 0.717) is 5.69 Å². The Morgan fingerprint density at radius 2 is 2.05 bits per heavy atom. The Bertz CT molecular complexity index is 629. The highest BCUT2D eigenvalue weighted by Gasteiger charge is 2.10. The molecule has 1 aromatic carbocycles. The van der Waals surface area contributed by atoms with Gasteiger partial charge in [-0.3, -0.25) is 4.79 Å². The monoisotopic (exact) mass is 289 g/mol. The van der Waals surface area contributed by atoms with Crippen LogP contribution in [0.15, 0.2) is 36.5 Å². The van der Waals surface area contributed by atoms with Crippen molar-refractivity contribution in [3.05, 3.63) is 48.0 Å². The quantitative estimate of drug-likeness (QED) is 0.888. The van der Waals surface area contributed by atoms with E-state index in [9.17, 15) is 9.18 Å². The van der Waals surface area contributed by atoms with Crippen molar-refractivity contribution in [1.82, 2.24) is 4.98 Å². The summed E-state index contributed by atoms with van der Waals surface area (Å²) in [6.07, 6.45) is 1.59. The van der Waals surface area contributed by atoms with Gasteiger partial charge < -0.3 is 15.4 Å². The van der Waals surface area contributed by atoms with Crippen LogP contribution in [0.25, 0.3) is 0 Å². The maximum Gasteiger partial charge on any atom is 0.274 e. The molecule has 110 valence electrons. The SMILES string of the molecule is CCNc1ccc(C(=O)Nc2ccc(F)c(OC)c2)nc1. The van der Waals surface area contributed by atoms with Crippen molar-refractivity contribution >= 4 is 17.3 Å². The van der Waals surface area contributed by atoms with E-state index in [1.165, 1.54) is 25.3 Å². The molecule has 0 saturated carbocycles. The number of halogens is 1. The molecule has 0 spiro atoms. The molecule has 0 saturated heterocycles. The summed E-state index contributed by atoms with van der Waals surface area (Å²) in [5.41, 5.74) is 1.56. The normalized spacial score (nSPS) is 10.0. The second-order valence-corrected chi connectivity index (χ2v) is 4.27. The Kier molecular flexibility index (Phi) is 4.71. The lowest BCUT2D eigenvalue weighted by atomic mass is 10.2. The van der Waals surface area contributed by atoms with Gasteiger partial charge in [0.15, 0.2) is 11.6 Å². The van der Waals surface area contributed by atoms with Crippen molar-refractivity contribution in [2.75, 3.05) is 24.3 Å². The van der Waals surface area contributed by atoms with Gasteiger partial charge in [-0.25, -0.2) is 9.37 Å². The Morgan fingerprint density at radius 1 is 1.29 bits per heavy atom. The van der Waals surface area contributed by atoms with Gasteiger partial charge in [-0.2, -0.15) is 0 Å². The Balaban J connectivity index is 2.10. The molecule has 0 radical (unpaired) electrons. The first kappa shape index (κ1) is 14.8. The van der Waals surface area contributed by atoms with Crippen molar-refractivity contribution in [3.8, 4) is 5.75 Å². The third kappa shape index (κ3) is 3.68. The topological polar surface area (TPSA) is 63.2 Å². The molecule has 0 fully saturated rings. The molecule has 0 aliphatic rings. The number of nitrogens with one attached hydrogen (secondary N) is 2. The largest absolute Gasteiger partial charge is 0.494 e. The highest BCUT2D eigenvalue weighted by atomic mass is 19.1. The molecule has 2 N–H and O–H groups in total. The summed E-state index contributed by atoms with van der Waals surface area (Å²) in [4.78, 5) is 16.1. The van der Waals surface area contributed by atoms with Gasteiger partial charge in [-0.1, -0.05) is 0 Å². The zero-order valence-corrected chi connectivity index (χ0v) is 11.8. The summed E-state index contributed by atoms with van der Waals surface area (Å²) >= 11 is 0. The van der Waals surface area contributed by atoms with Crippen molar-refractivity contribution in [2.24, 2.45) is 0 Å². The number of hydrogen-bond donors (Lipinski definition) is 2. The lowest BCUT2D eigenvalue weighted by molar-refractivity contribution is 0.102. The number of carbonyl (C=O) groups is 1. The fraction of sp³-hybridized carbons (Fsp3) is 0.200. The minimum Gasteiger partial charge on any atom is -0.494 e. The molecule has 1 heterocycles. The lowest BCUT2D eigenvalue weighted by Crippen LogP contribution is -2.14. The van der Waals surface area contributed by atoms with Crippen molar-refractivity contribution in [1.29, 1.82) is 0 Å². The van der Waals surface area contributed by atoms with Gasteiger partial charge in [-0.05, 0) is 31.2 Å². The van der Waals surface area contributed by atoms with Gasteiger partial charge in [0.25, 0.3) is 5.91 Å². The number of nitrogens with zero attached hydrogens (tertiary/aromatic N) is 1. The summed E-state index contributed by atoms with van der Waals surface area (Å²) < 4.78 is 18.2. The fourth-order valence-corrected chi connectivity index (χ4v) is 1.77. The standard InChI is InChI=1S/C15H16FN3O2/c1-3-17-11-5-7-13(18-9-11)15(20)19-10-4-6-12(16)14(8-10)21-2/h4-9,17H,3H2,1-2H3,(H,19,20). The Hall–Kier alpha value is -2.63. The number of carbonyl (C=O) groups excluding carboxylic acids is 1. The van der Waals surface area contributed by atoms with Gasteiger partial charge in [-0.15, -0.1) is 0 Å². The zero-order valence-electron chi connectivity index (χ0n) is 11.8. The minimum absolute atomic E-state index is 0.0725. The molecular weight excluding hydrogens is 273 g/mol. The van der Waals surface area contributed by atoms with Gasteiger partial charge in [0, 0.05) is 18.3 Å². The first-order valence-electron chi connectivity index (χ1n) is 6.49. The fourth-order valence-electron chi connectivity index (χ4n) is 1.77. The summed E-state index contributed by atoms with van der Waals surface area (Å²) in [6, 6.07) is 7.50. The van der Waals surface area contributed by atoms with E-state index >= 15 is 0 Å². The van der Waals surface area contributed by atoms with E-state index in [1.807, 2.05) is 6.92 Å². The predicted molar refractivity (Wildman–Crippen MR) is 79.3 cm³/mol.